The van der Waals surface area contributed by atoms with Crippen LogP contribution in [0, 0.1) is 10.1 Å². The number of benzene rings is 2. The maximum atomic E-state index is 13.0. The van der Waals surface area contributed by atoms with E-state index in [0.29, 0.717) is 30.2 Å². The van der Waals surface area contributed by atoms with Crippen LogP contribution in [0.25, 0.3) is 0 Å². The maximum Gasteiger partial charge on any atom is 0.271 e. The van der Waals surface area contributed by atoms with E-state index in [-0.39, 0.29) is 29.1 Å². The molecule has 33 heavy (non-hydrogen) atoms. The number of nitro benzene ring substituents is 1. The smallest absolute Gasteiger partial charge is 0.271 e. The highest BCUT2D eigenvalue weighted by molar-refractivity contribution is 7.89. The van der Waals surface area contributed by atoms with Gasteiger partial charge in [0.05, 0.1) is 29.7 Å². The third-order valence-corrected chi connectivity index (χ3v) is 7.39. The number of sulfonamides is 1. The summed E-state index contributed by atoms with van der Waals surface area (Å²) < 4.78 is 38.0. The summed E-state index contributed by atoms with van der Waals surface area (Å²) >= 11 is 0. The highest BCUT2D eigenvalue weighted by atomic mass is 32.2. The number of carbonyl (C=O) groups excluding carboxylic acids is 1. The molecule has 1 amide bonds. The number of rotatable bonds is 9. The number of piperidine rings is 1. The molecule has 0 aliphatic carbocycles. The van der Waals surface area contributed by atoms with Crippen molar-refractivity contribution in [3.63, 3.8) is 0 Å². The van der Waals surface area contributed by atoms with Crippen LogP contribution in [-0.2, 0) is 21.2 Å². The van der Waals surface area contributed by atoms with Gasteiger partial charge in [0.25, 0.3) is 5.69 Å². The number of non-ortho nitro benzene ring substituents is 1. The lowest BCUT2D eigenvalue weighted by Gasteiger charge is -2.26. The summed E-state index contributed by atoms with van der Waals surface area (Å²) in [6.45, 7) is 0.994. The Bertz CT molecular complexity index is 1130. The van der Waals surface area contributed by atoms with Gasteiger partial charge in [-0.05, 0) is 49.1 Å². The summed E-state index contributed by atoms with van der Waals surface area (Å²) in [6, 6.07) is 8.57. The number of aryl methyl sites for hydroxylation is 1. The average Bonchev–Trinajstić information content (AvgIpc) is 2.83. The number of hydrogen-bond donors (Lipinski definition) is 1. The first-order valence-electron chi connectivity index (χ1n) is 10.6. The van der Waals surface area contributed by atoms with Crippen LogP contribution in [0.5, 0.6) is 11.5 Å². The van der Waals surface area contributed by atoms with Crippen LogP contribution in [0.15, 0.2) is 41.3 Å². The predicted molar refractivity (Wildman–Crippen MR) is 122 cm³/mol. The molecule has 1 N–H and O–H groups in total. The van der Waals surface area contributed by atoms with Crippen molar-refractivity contribution in [3.8, 4) is 11.5 Å². The normalized spacial score (nSPS) is 14.5. The van der Waals surface area contributed by atoms with E-state index < -0.39 is 20.9 Å². The van der Waals surface area contributed by atoms with E-state index in [4.69, 9.17) is 9.47 Å². The van der Waals surface area contributed by atoms with Crippen molar-refractivity contribution in [2.45, 2.75) is 37.0 Å². The second kappa shape index (κ2) is 10.6. The molecule has 0 bridgehead atoms. The minimum absolute atomic E-state index is 0.00935. The number of anilines is 1. The van der Waals surface area contributed by atoms with Crippen LogP contribution >= 0.6 is 0 Å². The van der Waals surface area contributed by atoms with Crippen LogP contribution in [0.4, 0.5) is 11.4 Å². The standard InChI is InChI=1S/C22H27N3O7S/c1-31-20-10-8-18(33(29,30)24-12-4-3-5-13-24)14-16(20)6-11-22(26)23-19-15-17(25(27)28)7-9-21(19)32-2/h7-10,14-15H,3-6,11-13H2,1-2H3,(H,23,26). The molecule has 1 heterocycles. The summed E-state index contributed by atoms with van der Waals surface area (Å²) in [7, 11) is -0.745. The number of methoxy groups -OCH3 is 2. The quantitative estimate of drug-likeness (QED) is 0.433. The molecular weight excluding hydrogens is 450 g/mol. The summed E-state index contributed by atoms with van der Waals surface area (Å²) in [5, 5.41) is 13.7. The van der Waals surface area contributed by atoms with Crippen LogP contribution < -0.4 is 14.8 Å². The monoisotopic (exact) mass is 477 g/mol. The van der Waals surface area contributed by atoms with E-state index in [2.05, 4.69) is 5.32 Å². The topological polar surface area (TPSA) is 128 Å². The van der Waals surface area contributed by atoms with Crippen molar-refractivity contribution in [2.75, 3.05) is 32.6 Å². The molecule has 2 aromatic carbocycles. The van der Waals surface area contributed by atoms with Gasteiger partial charge in [0, 0.05) is 31.6 Å². The number of nitrogens with one attached hydrogen (secondary N) is 1. The van der Waals surface area contributed by atoms with E-state index in [1.54, 1.807) is 12.1 Å². The van der Waals surface area contributed by atoms with Gasteiger partial charge in [0.2, 0.25) is 15.9 Å². The van der Waals surface area contributed by atoms with Gasteiger partial charge in [-0.2, -0.15) is 4.31 Å². The zero-order chi connectivity index (χ0) is 24.0. The summed E-state index contributed by atoms with van der Waals surface area (Å²) in [4.78, 5) is 23.2. The van der Waals surface area contributed by atoms with Gasteiger partial charge in [0.15, 0.2) is 0 Å². The van der Waals surface area contributed by atoms with E-state index in [9.17, 15) is 23.3 Å². The lowest BCUT2D eigenvalue weighted by Crippen LogP contribution is -2.35. The summed E-state index contributed by atoms with van der Waals surface area (Å²) in [6.07, 6.45) is 2.92. The Kier molecular flexibility index (Phi) is 7.88. The van der Waals surface area contributed by atoms with Gasteiger partial charge < -0.3 is 14.8 Å². The van der Waals surface area contributed by atoms with E-state index in [1.807, 2.05) is 0 Å². The van der Waals surface area contributed by atoms with Crippen molar-refractivity contribution in [3.05, 3.63) is 52.1 Å². The average molecular weight is 478 g/mol. The van der Waals surface area contributed by atoms with E-state index in [1.165, 1.54) is 42.8 Å². The molecule has 1 fully saturated rings. The van der Waals surface area contributed by atoms with Gasteiger partial charge >= 0.3 is 0 Å². The molecule has 0 spiro atoms. The fraction of sp³-hybridized carbons (Fsp3) is 0.409. The first kappa shape index (κ1) is 24.5. The van der Waals surface area contributed by atoms with Gasteiger partial charge in [-0.25, -0.2) is 8.42 Å². The second-order valence-corrected chi connectivity index (χ2v) is 9.57. The highest BCUT2D eigenvalue weighted by Gasteiger charge is 2.26. The first-order chi connectivity index (χ1) is 15.8. The van der Waals surface area contributed by atoms with Crippen molar-refractivity contribution >= 4 is 27.3 Å². The number of nitrogens with zero attached hydrogens (tertiary/aromatic N) is 2. The SMILES string of the molecule is COc1ccc(S(=O)(=O)N2CCCCC2)cc1CCC(=O)Nc1cc([N+](=O)[O-])ccc1OC. The van der Waals surface area contributed by atoms with Crippen molar-refractivity contribution < 1.29 is 27.6 Å². The minimum Gasteiger partial charge on any atom is -0.496 e. The number of carbonyl (C=O) groups is 1. The molecule has 10 nitrogen and oxygen atoms in total. The Balaban J connectivity index is 1.75. The third kappa shape index (κ3) is 5.79. The number of amides is 1. The lowest BCUT2D eigenvalue weighted by molar-refractivity contribution is -0.384. The predicted octanol–water partition coefficient (Wildman–Crippen LogP) is 3.36. The lowest BCUT2D eigenvalue weighted by atomic mass is 10.1. The van der Waals surface area contributed by atoms with Crippen LogP contribution in [-0.4, -0.2) is 50.9 Å². The summed E-state index contributed by atoms with van der Waals surface area (Å²) in [5.74, 6) is 0.370. The molecular formula is C22H27N3O7S. The molecule has 0 saturated carbocycles. The third-order valence-electron chi connectivity index (χ3n) is 5.49. The Hall–Kier alpha value is -3.18. The molecule has 2 aromatic rings. The van der Waals surface area contributed by atoms with Gasteiger partial charge in [-0.3, -0.25) is 14.9 Å². The Morgan fingerprint density at radius 2 is 1.73 bits per heavy atom. The fourth-order valence-electron chi connectivity index (χ4n) is 3.73. The molecule has 3 rings (SSSR count). The second-order valence-electron chi connectivity index (χ2n) is 7.63. The molecule has 11 heteroatoms. The van der Waals surface area contributed by atoms with Crippen LogP contribution in [0.1, 0.15) is 31.2 Å². The molecule has 1 aliphatic heterocycles. The maximum absolute atomic E-state index is 13.0. The molecule has 1 aliphatic rings. The Morgan fingerprint density at radius 3 is 2.36 bits per heavy atom. The van der Waals surface area contributed by atoms with Crippen LogP contribution in [0.3, 0.4) is 0 Å². The summed E-state index contributed by atoms with van der Waals surface area (Å²) in [5.41, 5.74) is 0.588. The zero-order valence-electron chi connectivity index (χ0n) is 18.6. The Morgan fingerprint density at radius 1 is 1.06 bits per heavy atom. The van der Waals surface area contributed by atoms with Crippen molar-refractivity contribution in [2.24, 2.45) is 0 Å². The molecule has 0 aromatic heterocycles. The fourth-order valence-corrected chi connectivity index (χ4v) is 5.30. The highest BCUT2D eigenvalue weighted by Crippen LogP contribution is 2.30. The van der Waals surface area contributed by atoms with Gasteiger partial charge in [-0.1, -0.05) is 6.42 Å². The largest absolute Gasteiger partial charge is 0.496 e. The zero-order valence-corrected chi connectivity index (χ0v) is 19.4. The number of hydrogen-bond acceptors (Lipinski definition) is 7. The van der Waals surface area contributed by atoms with E-state index >= 15 is 0 Å². The number of ether oxygens (including phenoxy) is 2. The Labute approximate surface area is 192 Å². The molecule has 0 atom stereocenters. The molecule has 178 valence electrons. The van der Waals surface area contributed by atoms with Crippen molar-refractivity contribution in [1.29, 1.82) is 0 Å². The van der Waals surface area contributed by atoms with E-state index in [0.717, 1.165) is 19.3 Å². The van der Waals surface area contributed by atoms with Gasteiger partial charge in [0.1, 0.15) is 11.5 Å². The van der Waals surface area contributed by atoms with Gasteiger partial charge in [-0.15, -0.1) is 0 Å². The number of nitro groups is 1. The molecule has 0 radical (unpaired) electrons. The molecule has 1 saturated heterocycles. The first-order valence-corrected chi connectivity index (χ1v) is 12.0. The van der Waals surface area contributed by atoms with Crippen LogP contribution in [0.2, 0.25) is 0 Å². The molecule has 0 unspecified atom stereocenters. The minimum atomic E-state index is -3.62. The van der Waals surface area contributed by atoms with Crippen molar-refractivity contribution in [1.82, 2.24) is 4.31 Å².